The fraction of sp³-hybridized carbons (Fsp3) is 0.294. The zero-order valence-electron chi connectivity index (χ0n) is 12.2. The molecule has 0 saturated heterocycles. The van der Waals surface area contributed by atoms with Crippen LogP contribution in [-0.2, 0) is 6.42 Å². The first kappa shape index (κ1) is 15.8. The first-order chi connectivity index (χ1) is 10.2. The number of aryl methyl sites for hydroxylation is 1. The second-order valence-corrected chi connectivity index (χ2v) is 5.52. The van der Waals surface area contributed by atoms with Crippen molar-refractivity contribution in [2.45, 2.75) is 25.8 Å². The SMILES string of the molecule is Cc1ccc(CC(CCOc2ccccc2)NN)c(Cl)c1. The number of halogens is 1. The molecule has 3 N–H and O–H groups in total. The summed E-state index contributed by atoms with van der Waals surface area (Å²) in [7, 11) is 0. The summed E-state index contributed by atoms with van der Waals surface area (Å²) in [5.41, 5.74) is 5.10. The van der Waals surface area contributed by atoms with Crippen LogP contribution >= 0.6 is 11.6 Å². The first-order valence-corrected chi connectivity index (χ1v) is 7.46. The van der Waals surface area contributed by atoms with Crippen molar-refractivity contribution < 1.29 is 4.74 Å². The zero-order valence-corrected chi connectivity index (χ0v) is 12.9. The van der Waals surface area contributed by atoms with Gasteiger partial charge in [0.1, 0.15) is 5.75 Å². The summed E-state index contributed by atoms with van der Waals surface area (Å²) in [6.07, 6.45) is 1.60. The molecule has 1 unspecified atom stereocenters. The molecular weight excluding hydrogens is 284 g/mol. The Morgan fingerprint density at radius 3 is 2.62 bits per heavy atom. The molecule has 0 aliphatic carbocycles. The van der Waals surface area contributed by atoms with Gasteiger partial charge in [0.25, 0.3) is 0 Å². The summed E-state index contributed by atoms with van der Waals surface area (Å²) < 4.78 is 5.70. The molecule has 112 valence electrons. The highest BCUT2D eigenvalue weighted by Crippen LogP contribution is 2.20. The van der Waals surface area contributed by atoms with Gasteiger partial charge in [-0.05, 0) is 49.1 Å². The number of hydrogen-bond acceptors (Lipinski definition) is 3. The number of rotatable bonds is 7. The summed E-state index contributed by atoms with van der Waals surface area (Å²) in [5, 5.41) is 0.791. The Balaban J connectivity index is 1.85. The minimum Gasteiger partial charge on any atom is -0.494 e. The zero-order chi connectivity index (χ0) is 15.1. The Kier molecular flexibility index (Phi) is 6.05. The van der Waals surface area contributed by atoms with E-state index >= 15 is 0 Å². The molecule has 0 saturated carbocycles. The van der Waals surface area contributed by atoms with E-state index in [1.165, 1.54) is 0 Å². The topological polar surface area (TPSA) is 47.3 Å². The minimum atomic E-state index is 0.133. The molecule has 0 radical (unpaired) electrons. The van der Waals surface area contributed by atoms with Gasteiger partial charge < -0.3 is 4.74 Å². The van der Waals surface area contributed by atoms with Crippen LogP contribution in [-0.4, -0.2) is 12.6 Å². The number of hydrazine groups is 1. The molecule has 0 bridgehead atoms. The maximum atomic E-state index is 6.26. The summed E-state index contributed by atoms with van der Waals surface area (Å²) >= 11 is 6.26. The minimum absolute atomic E-state index is 0.133. The van der Waals surface area contributed by atoms with E-state index in [-0.39, 0.29) is 6.04 Å². The number of nitrogens with two attached hydrogens (primary N) is 1. The molecule has 0 amide bonds. The van der Waals surface area contributed by atoms with E-state index < -0.39 is 0 Å². The quantitative estimate of drug-likeness (QED) is 0.608. The van der Waals surface area contributed by atoms with Gasteiger partial charge in [-0.2, -0.15) is 0 Å². The lowest BCUT2D eigenvalue weighted by Gasteiger charge is -2.17. The standard InChI is InChI=1S/C17H21ClN2O/c1-13-7-8-14(17(18)11-13)12-15(20-19)9-10-21-16-5-3-2-4-6-16/h2-8,11,15,20H,9-10,12,19H2,1H3. The van der Waals surface area contributed by atoms with Crippen LogP contribution in [0.5, 0.6) is 5.75 Å². The molecule has 21 heavy (non-hydrogen) atoms. The molecule has 2 aromatic rings. The lowest BCUT2D eigenvalue weighted by molar-refractivity contribution is 0.285. The van der Waals surface area contributed by atoms with Gasteiger partial charge in [0, 0.05) is 11.1 Å². The van der Waals surface area contributed by atoms with Crippen molar-refractivity contribution in [1.82, 2.24) is 5.43 Å². The number of para-hydroxylation sites is 1. The Bertz CT molecular complexity index is 560. The Hall–Kier alpha value is -1.55. The van der Waals surface area contributed by atoms with Crippen LogP contribution in [0.3, 0.4) is 0 Å². The molecule has 2 rings (SSSR count). The third-order valence-electron chi connectivity index (χ3n) is 3.39. The van der Waals surface area contributed by atoms with Gasteiger partial charge in [-0.25, -0.2) is 0 Å². The summed E-state index contributed by atoms with van der Waals surface area (Å²) in [6, 6.07) is 16.0. The second-order valence-electron chi connectivity index (χ2n) is 5.11. The van der Waals surface area contributed by atoms with E-state index in [0.29, 0.717) is 6.61 Å². The van der Waals surface area contributed by atoms with Crippen molar-refractivity contribution in [3.8, 4) is 5.75 Å². The molecule has 0 aliphatic heterocycles. The molecule has 0 aromatic heterocycles. The molecule has 0 aliphatic rings. The third-order valence-corrected chi connectivity index (χ3v) is 3.74. The van der Waals surface area contributed by atoms with E-state index in [2.05, 4.69) is 17.6 Å². The maximum absolute atomic E-state index is 6.26. The maximum Gasteiger partial charge on any atom is 0.119 e. The average molecular weight is 305 g/mol. The smallest absolute Gasteiger partial charge is 0.119 e. The normalized spacial score (nSPS) is 12.1. The number of nitrogens with one attached hydrogen (secondary N) is 1. The van der Waals surface area contributed by atoms with E-state index in [0.717, 1.165) is 34.7 Å². The second kappa shape index (κ2) is 8.03. The highest BCUT2D eigenvalue weighted by Gasteiger charge is 2.10. The van der Waals surface area contributed by atoms with Crippen LogP contribution in [0.4, 0.5) is 0 Å². The molecule has 2 aromatic carbocycles. The van der Waals surface area contributed by atoms with E-state index in [1.807, 2.05) is 43.3 Å². The molecule has 0 fully saturated rings. The van der Waals surface area contributed by atoms with Crippen LogP contribution in [0.1, 0.15) is 17.5 Å². The first-order valence-electron chi connectivity index (χ1n) is 7.08. The highest BCUT2D eigenvalue weighted by atomic mass is 35.5. The Morgan fingerprint density at radius 1 is 1.19 bits per heavy atom. The van der Waals surface area contributed by atoms with E-state index in [9.17, 15) is 0 Å². The average Bonchev–Trinajstić information content (AvgIpc) is 2.49. The van der Waals surface area contributed by atoms with Crippen LogP contribution in [0, 0.1) is 6.92 Å². The van der Waals surface area contributed by atoms with Crippen molar-refractivity contribution in [1.29, 1.82) is 0 Å². The summed E-state index contributed by atoms with van der Waals surface area (Å²) in [4.78, 5) is 0. The van der Waals surface area contributed by atoms with Gasteiger partial charge in [0.2, 0.25) is 0 Å². The van der Waals surface area contributed by atoms with Crippen LogP contribution < -0.4 is 16.0 Å². The molecule has 0 heterocycles. The monoisotopic (exact) mass is 304 g/mol. The van der Waals surface area contributed by atoms with Gasteiger partial charge in [-0.3, -0.25) is 11.3 Å². The molecule has 4 heteroatoms. The largest absolute Gasteiger partial charge is 0.494 e. The molecule has 1 atom stereocenters. The van der Waals surface area contributed by atoms with Crippen molar-refractivity contribution in [2.75, 3.05) is 6.61 Å². The molecule has 0 spiro atoms. The van der Waals surface area contributed by atoms with E-state index in [1.54, 1.807) is 0 Å². The summed E-state index contributed by atoms with van der Waals surface area (Å²) in [5.74, 6) is 6.51. The highest BCUT2D eigenvalue weighted by molar-refractivity contribution is 6.31. The van der Waals surface area contributed by atoms with Gasteiger partial charge in [0.05, 0.1) is 6.61 Å². The van der Waals surface area contributed by atoms with E-state index in [4.69, 9.17) is 22.2 Å². The van der Waals surface area contributed by atoms with Crippen LogP contribution in [0.2, 0.25) is 5.02 Å². The fourth-order valence-electron chi connectivity index (χ4n) is 2.16. The molecule has 3 nitrogen and oxygen atoms in total. The van der Waals surface area contributed by atoms with Crippen molar-refractivity contribution >= 4 is 11.6 Å². The Morgan fingerprint density at radius 2 is 1.95 bits per heavy atom. The van der Waals surface area contributed by atoms with Crippen LogP contribution in [0.15, 0.2) is 48.5 Å². The predicted octanol–water partition coefficient (Wildman–Crippen LogP) is 3.49. The fourth-order valence-corrected chi connectivity index (χ4v) is 2.48. The summed E-state index contributed by atoms with van der Waals surface area (Å²) in [6.45, 7) is 2.64. The lowest BCUT2D eigenvalue weighted by atomic mass is 10.0. The van der Waals surface area contributed by atoms with Gasteiger partial charge in [0.15, 0.2) is 0 Å². The van der Waals surface area contributed by atoms with Crippen molar-refractivity contribution in [2.24, 2.45) is 5.84 Å². The lowest BCUT2D eigenvalue weighted by Crippen LogP contribution is -2.38. The number of hydrogen-bond donors (Lipinski definition) is 2. The van der Waals surface area contributed by atoms with Gasteiger partial charge in [-0.1, -0.05) is 41.9 Å². The Labute approximate surface area is 131 Å². The van der Waals surface area contributed by atoms with Crippen LogP contribution in [0.25, 0.3) is 0 Å². The van der Waals surface area contributed by atoms with Gasteiger partial charge in [-0.15, -0.1) is 0 Å². The predicted molar refractivity (Wildman–Crippen MR) is 87.6 cm³/mol. The molecular formula is C17H21ClN2O. The number of ether oxygens (including phenoxy) is 1. The van der Waals surface area contributed by atoms with Gasteiger partial charge >= 0.3 is 0 Å². The van der Waals surface area contributed by atoms with Crippen molar-refractivity contribution in [3.05, 3.63) is 64.7 Å². The number of benzene rings is 2. The van der Waals surface area contributed by atoms with Crippen molar-refractivity contribution in [3.63, 3.8) is 0 Å². The third kappa shape index (κ3) is 5.05.